The van der Waals surface area contributed by atoms with Gasteiger partial charge in [0, 0.05) is 24.7 Å². The molecule has 0 radical (unpaired) electrons. The molecule has 1 aromatic rings. The van der Waals surface area contributed by atoms with Gasteiger partial charge in [0.1, 0.15) is 5.82 Å². The fourth-order valence-electron chi connectivity index (χ4n) is 2.67. The Hall–Kier alpha value is -1.00. The second kappa shape index (κ2) is 4.11. The van der Waals surface area contributed by atoms with E-state index in [1.807, 2.05) is 6.20 Å². The molecule has 3 rings (SSSR count). The normalized spacial score (nSPS) is 29.1. The van der Waals surface area contributed by atoms with Crippen LogP contribution in [-0.2, 0) is 6.42 Å². The molecular weight excluding hydrogens is 200 g/mol. The summed E-state index contributed by atoms with van der Waals surface area (Å²) in [4.78, 5) is 9.20. The number of hydrogen-bond donors (Lipinski definition) is 2. The zero-order chi connectivity index (χ0) is 11.0. The highest BCUT2D eigenvalue weighted by Crippen LogP contribution is 2.27. The maximum atomic E-state index is 6.11. The molecule has 2 unspecified atom stereocenters. The Balaban J connectivity index is 1.93. The van der Waals surface area contributed by atoms with Crippen LogP contribution in [0.15, 0.2) is 6.20 Å². The van der Waals surface area contributed by atoms with E-state index in [-0.39, 0.29) is 6.04 Å². The van der Waals surface area contributed by atoms with Crippen LogP contribution in [0.3, 0.4) is 0 Å². The summed E-state index contributed by atoms with van der Waals surface area (Å²) >= 11 is 0. The summed E-state index contributed by atoms with van der Waals surface area (Å²) in [6.07, 6.45) is 6.46. The molecule has 1 aliphatic carbocycles. The molecule has 1 saturated heterocycles. The van der Waals surface area contributed by atoms with E-state index in [9.17, 15) is 0 Å². The Bertz CT molecular complexity index is 385. The Morgan fingerprint density at radius 3 is 3.12 bits per heavy atom. The van der Waals surface area contributed by atoms with Gasteiger partial charge in [-0.15, -0.1) is 0 Å². The molecule has 0 amide bonds. The molecule has 0 bridgehead atoms. The van der Waals surface area contributed by atoms with Gasteiger partial charge in [0.15, 0.2) is 0 Å². The first kappa shape index (κ1) is 10.2. The Labute approximate surface area is 95.7 Å². The van der Waals surface area contributed by atoms with Crippen molar-refractivity contribution in [3.8, 4) is 0 Å². The molecule has 1 aromatic heterocycles. The van der Waals surface area contributed by atoms with Crippen molar-refractivity contribution >= 4 is 0 Å². The standard InChI is InChI=1S/C12H18N4/c13-10-3-1-2-8-7-15-12(16-11(8)10)9-4-5-14-6-9/h7,9-10,14H,1-6,13H2. The fraction of sp³-hybridized carbons (Fsp3) is 0.667. The van der Waals surface area contributed by atoms with Crippen molar-refractivity contribution < 1.29 is 0 Å². The summed E-state index contributed by atoms with van der Waals surface area (Å²) in [5, 5.41) is 3.35. The topological polar surface area (TPSA) is 63.8 Å². The van der Waals surface area contributed by atoms with Crippen LogP contribution in [0.5, 0.6) is 0 Å². The van der Waals surface area contributed by atoms with Crippen molar-refractivity contribution in [2.75, 3.05) is 13.1 Å². The molecule has 4 heteroatoms. The van der Waals surface area contributed by atoms with Crippen molar-refractivity contribution in [2.45, 2.75) is 37.6 Å². The first-order valence-corrected chi connectivity index (χ1v) is 6.16. The minimum Gasteiger partial charge on any atom is -0.323 e. The first-order chi connectivity index (χ1) is 7.84. The Kier molecular flexibility index (Phi) is 2.61. The van der Waals surface area contributed by atoms with E-state index < -0.39 is 0 Å². The fourth-order valence-corrected chi connectivity index (χ4v) is 2.67. The highest BCUT2D eigenvalue weighted by molar-refractivity contribution is 5.24. The molecule has 4 nitrogen and oxygen atoms in total. The lowest BCUT2D eigenvalue weighted by Gasteiger charge is -2.21. The van der Waals surface area contributed by atoms with Crippen molar-refractivity contribution in [1.82, 2.24) is 15.3 Å². The van der Waals surface area contributed by atoms with Crippen LogP contribution < -0.4 is 11.1 Å². The van der Waals surface area contributed by atoms with Crippen LogP contribution in [0, 0.1) is 0 Å². The van der Waals surface area contributed by atoms with Gasteiger partial charge in [-0.1, -0.05) is 0 Å². The van der Waals surface area contributed by atoms with E-state index in [2.05, 4.69) is 10.3 Å². The van der Waals surface area contributed by atoms with Crippen LogP contribution in [0.2, 0.25) is 0 Å². The van der Waals surface area contributed by atoms with Crippen molar-refractivity contribution in [3.63, 3.8) is 0 Å². The van der Waals surface area contributed by atoms with Crippen molar-refractivity contribution in [3.05, 3.63) is 23.3 Å². The van der Waals surface area contributed by atoms with Crippen LogP contribution in [-0.4, -0.2) is 23.1 Å². The summed E-state index contributed by atoms with van der Waals surface area (Å²) in [5.74, 6) is 1.47. The van der Waals surface area contributed by atoms with Gasteiger partial charge in [0.2, 0.25) is 0 Å². The monoisotopic (exact) mass is 218 g/mol. The van der Waals surface area contributed by atoms with Gasteiger partial charge < -0.3 is 11.1 Å². The zero-order valence-electron chi connectivity index (χ0n) is 9.45. The molecule has 16 heavy (non-hydrogen) atoms. The van der Waals surface area contributed by atoms with Crippen molar-refractivity contribution in [1.29, 1.82) is 0 Å². The van der Waals surface area contributed by atoms with Gasteiger partial charge in [-0.05, 0) is 37.8 Å². The molecule has 0 spiro atoms. The van der Waals surface area contributed by atoms with Gasteiger partial charge in [0.05, 0.1) is 5.69 Å². The third-order valence-electron chi connectivity index (χ3n) is 3.65. The van der Waals surface area contributed by atoms with E-state index in [0.29, 0.717) is 5.92 Å². The number of nitrogens with zero attached hydrogens (tertiary/aromatic N) is 2. The second-order valence-corrected chi connectivity index (χ2v) is 4.83. The molecule has 2 heterocycles. The Morgan fingerprint density at radius 1 is 1.38 bits per heavy atom. The lowest BCUT2D eigenvalue weighted by molar-refractivity contribution is 0.540. The highest BCUT2D eigenvalue weighted by Gasteiger charge is 2.23. The van der Waals surface area contributed by atoms with Crippen LogP contribution in [0.25, 0.3) is 0 Å². The number of aromatic nitrogens is 2. The molecule has 1 fully saturated rings. The lowest BCUT2D eigenvalue weighted by Crippen LogP contribution is -2.21. The molecule has 3 N–H and O–H groups in total. The van der Waals surface area contributed by atoms with E-state index in [0.717, 1.165) is 43.9 Å². The van der Waals surface area contributed by atoms with Crippen LogP contribution in [0.4, 0.5) is 0 Å². The third kappa shape index (κ3) is 1.72. The summed E-state index contributed by atoms with van der Waals surface area (Å²) in [6, 6.07) is 0.125. The maximum absolute atomic E-state index is 6.11. The third-order valence-corrected chi connectivity index (χ3v) is 3.65. The minimum absolute atomic E-state index is 0.125. The largest absolute Gasteiger partial charge is 0.323 e. The number of nitrogens with one attached hydrogen (secondary N) is 1. The SMILES string of the molecule is NC1CCCc2cnc(C3CCNC3)nc21. The number of aryl methyl sites for hydroxylation is 1. The molecular formula is C12H18N4. The molecule has 0 aromatic carbocycles. The number of fused-ring (bicyclic) bond motifs is 1. The number of rotatable bonds is 1. The molecule has 2 atom stereocenters. The summed E-state index contributed by atoms with van der Waals surface area (Å²) < 4.78 is 0. The number of nitrogens with two attached hydrogens (primary N) is 1. The molecule has 1 aliphatic heterocycles. The lowest BCUT2D eigenvalue weighted by atomic mass is 9.93. The smallest absolute Gasteiger partial charge is 0.133 e. The van der Waals surface area contributed by atoms with Gasteiger partial charge in [-0.3, -0.25) is 0 Å². The van der Waals surface area contributed by atoms with E-state index in [4.69, 9.17) is 10.7 Å². The summed E-state index contributed by atoms with van der Waals surface area (Å²) in [7, 11) is 0. The number of hydrogen-bond acceptors (Lipinski definition) is 4. The van der Waals surface area contributed by atoms with Gasteiger partial charge in [0.25, 0.3) is 0 Å². The van der Waals surface area contributed by atoms with Crippen LogP contribution in [0.1, 0.15) is 48.3 Å². The Morgan fingerprint density at radius 2 is 2.31 bits per heavy atom. The van der Waals surface area contributed by atoms with Gasteiger partial charge in [-0.25, -0.2) is 9.97 Å². The first-order valence-electron chi connectivity index (χ1n) is 6.16. The van der Waals surface area contributed by atoms with Crippen LogP contribution >= 0.6 is 0 Å². The van der Waals surface area contributed by atoms with Gasteiger partial charge in [-0.2, -0.15) is 0 Å². The molecule has 86 valence electrons. The highest BCUT2D eigenvalue weighted by atomic mass is 15.0. The second-order valence-electron chi connectivity index (χ2n) is 4.83. The van der Waals surface area contributed by atoms with E-state index in [1.165, 1.54) is 12.0 Å². The van der Waals surface area contributed by atoms with Crippen molar-refractivity contribution in [2.24, 2.45) is 5.73 Å². The summed E-state index contributed by atoms with van der Waals surface area (Å²) in [6.45, 7) is 2.09. The molecule has 0 saturated carbocycles. The summed E-state index contributed by atoms with van der Waals surface area (Å²) in [5.41, 5.74) is 8.47. The van der Waals surface area contributed by atoms with Gasteiger partial charge >= 0.3 is 0 Å². The predicted molar refractivity (Wildman–Crippen MR) is 62.1 cm³/mol. The zero-order valence-corrected chi connectivity index (χ0v) is 9.45. The average Bonchev–Trinajstić information content (AvgIpc) is 2.83. The maximum Gasteiger partial charge on any atom is 0.133 e. The molecule has 2 aliphatic rings. The quantitative estimate of drug-likeness (QED) is 0.735. The van der Waals surface area contributed by atoms with E-state index >= 15 is 0 Å². The van der Waals surface area contributed by atoms with E-state index in [1.54, 1.807) is 0 Å². The average molecular weight is 218 g/mol. The predicted octanol–water partition coefficient (Wildman–Crippen LogP) is 0.890. The minimum atomic E-state index is 0.125.